The van der Waals surface area contributed by atoms with Crippen LogP contribution < -0.4 is 5.32 Å². The Kier molecular flexibility index (Phi) is 5.44. The van der Waals surface area contributed by atoms with Crippen molar-refractivity contribution in [3.63, 3.8) is 0 Å². The van der Waals surface area contributed by atoms with Crippen LogP contribution in [0, 0.1) is 0 Å². The zero-order valence-electron chi connectivity index (χ0n) is 10.0. The van der Waals surface area contributed by atoms with Gasteiger partial charge in [0, 0.05) is 5.56 Å². The molecule has 1 rings (SSSR count). The van der Waals surface area contributed by atoms with Gasteiger partial charge in [-0.15, -0.1) is 0 Å². The lowest BCUT2D eigenvalue weighted by molar-refractivity contribution is 0.101. The summed E-state index contributed by atoms with van der Waals surface area (Å²) in [6, 6.07) is 2.90. The number of anilines is 1. The molecule has 0 aliphatic heterocycles. The first-order chi connectivity index (χ1) is 8.45. The van der Waals surface area contributed by atoms with Gasteiger partial charge in [0.05, 0.1) is 22.3 Å². The molecule has 0 fully saturated rings. The van der Waals surface area contributed by atoms with E-state index in [-0.39, 0.29) is 21.5 Å². The van der Waals surface area contributed by atoms with Crippen LogP contribution in [0.4, 0.5) is 10.5 Å². The second kappa shape index (κ2) is 6.61. The maximum atomic E-state index is 11.4. The third-order valence-corrected chi connectivity index (χ3v) is 2.71. The number of carbonyl (C=O) groups is 2. The minimum Gasteiger partial charge on any atom is -0.449 e. The summed E-state index contributed by atoms with van der Waals surface area (Å²) >= 11 is 11.9. The van der Waals surface area contributed by atoms with Crippen molar-refractivity contribution in [2.45, 2.75) is 20.3 Å². The Bertz CT molecular complexity index is 451. The number of carbonyl (C=O) groups excluding carboxylic acids is 2. The van der Waals surface area contributed by atoms with Gasteiger partial charge in [-0.05, 0) is 25.5 Å². The predicted molar refractivity (Wildman–Crippen MR) is 71.7 cm³/mol. The van der Waals surface area contributed by atoms with Crippen molar-refractivity contribution >= 4 is 40.8 Å². The molecule has 18 heavy (non-hydrogen) atoms. The standard InChI is InChI=1S/C12H13Cl2NO3/c1-3-4-18-12(17)15-11-9(13)5-8(7(2)16)6-10(11)14/h5-6H,3-4H2,1-2H3,(H,15,17). The van der Waals surface area contributed by atoms with Crippen LogP contribution >= 0.6 is 23.2 Å². The smallest absolute Gasteiger partial charge is 0.411 e. The summed E-state index contributed by atoms with van der Waals surface area (Å²) in [4.78, 5) is 22.6. The zero-order valence-corrected chi connectivity index (χ0v) is 11.6. The van der Waals surface area contributed by atoms with Gasteiger partial charge in [-0.1, -0.05) is 30.1 Å². The van der Waals surface area contributed by atoms with E-state index in [1.54, 1.807) is 0 Å². The first-order valence-corrected chi connectivity index (χ1v) is 6.15. The van der Waals surface area contributed by atoms with Crippen molar-refractivity contribution in [1.29, 1.82) is 0 Å². The van der Waals surface area contributed by atoms with Crippen LogP contribution in [-0.2, 0) is 4.74 Å². The lowest BCUT2D eigenvalue weighted by atomic mass is 10.1. The van der Waals surface area contributed by atoms with E-state index >= 15 is 0 Å². The highest BCUT2D eigenvalue weighted by Gasteiger charge is 2.13. The van der Waals surface area contributed by atoms with Crippen molar-refractivity contribution < 1.29 is 14.3 Å². The van der Waals surface area contributed by atoms with Crippen LogP contribution in [0.5, 0.6) is 0 Å². The van der Waals surface area contributed by atoms with E-state index in [1.807, 2.05) is 6.92 Å². The van der Waals surface area contributed by atoms with E-state index in [1.165, 1.54) is 19.1 Å². The van der Waals surface area contributed by atoms with Crippen molar-refractivity contribution in [2.75, 3.05) is 11.9 Å². The molecule has 1 aromatic rings. The summed E-state index contributed by atoms with van der Waals surface area (Å²) in [6.07, 6.45) is 0.0919. The number of rotatable bonds is 4. The highest BCUT2D eigenvalue weighted by molar-refractivity contribution is 6.40. The molecule has 0 unspecified atom stereocenters. The second-order valence-corrected chi connectivity index (χ2v) is 4.45. The Balaban J connectivity index is 2.90. The maximum absolute atomic E-state index is 11.4. The molecule has 0 saturated carbocycles. The molecular weight excluding hydrogens is 277 g/mol. The average molecular weight is 290 g/mol. The van der Waals surface area contributed by atoms with Crippen molar-refractivity contribution in [1.82, 2.24) is 0 Å². The van der Waals surface area contributed by atoms with E-state index < -0.39 is 6.09 Å². The van der Waals surface area contributed by atoms with Gasteiger partial charge < -0.3 is 4.74 Å². The average Bonchev–Trinajstić information content (AvgIpc) is 2.30. The number of nitrogens with one attached hydrogen (secondary N) is 1. The molecule has 0 saturated heterocycles. The largest absolute Gasteiger partial charge is 0.449 e. The minimum absolute atomic E-state index is 0.154. The molecule has 1 amide bonds. The summed E-state index contributed by atoms with van der Waals surface area (Å²) < 4.78 is 4.85. The van der Waals surface area contributed by atoms with Crippen LogP contribution in [0.1, 0.15) is 30.6 Å². The number of halogens is 2. The molecule has 1 N–H and O–H groups in total. The molecule has 98 valence electrons. The molecule has 0 aromatic heterocycles. The fourth-order valence-electron chi connectivity index (χ4n) is 1.23. The lowest BCUT2D eigenvalue weighted by Gasteiger charge is -2.10. The number of amides is 1. The van der Waals surface area contributed by atoms with Crippen molar-refractivity contribution in [2.24, 2.45) is 0 Å². The molecule has 1 aromatic carbocycles. The number of hydrogen-bond donors (Lipinski definition) is 1. The van der Waals surface area contributed by atoms with Gasteiger partial charge >= 0.3 is 6.09 Å². The molecule has 6 heteroatoms. The van der Waals surface area contributed by atoms with Crippen LogP contribution in [0.2, 0.25) is 10.0 Å². The Morgan fingerprint density at radius 2 is 1.83 bits per heavy atom. The first kappa shape index (κ1) is 14.8. The van der Waals surface area contributed by atoms with Crippen molar-refractivity contribution in [3.8, 4) is 0 Å². The summed E-state index contributed by atoms with van der Waals surface area (Å²) in [5.74, 6) is -0.154. The number of Topliss-reactive ketones (excluding diaryl/α,β-unsaturated/α-hetero) is 1. The van der Waals surface area contributed by atoms with Gasteiger partial charge in [0.15, 0.2) is 5.78 Å². The predicted octanol–water partition coefficient (Wildman–Crippen LogP) is 4.15. The number of ether oxygens (including phenoxy) is 1. The monoisotopic (exact) mass is 289 g/mol. The molecule has 0 aliphatic carbocycles. The molecule has 0 atom stereocenters. The molecule has 0 aliphatic rings. The zero-order chi connectivity index (χ0) is 13.7. The topological polar surface area (TPSA) is 55.4 Å². The SMILES string of the molecule is CCCOC(=O)Nc1c(Cl)cc(C(C)=O)cc1Cl. The molecule has 0 radical (unpaired) electrons. The third kappa shape index (κ3) is 3.89. The fourth-order valence-corrected chi connectivity index (χ4v) is 1.81. The summed E-state index contributed by atoms with van der Waals surface area (Å²) in [6.45, 7) is 3.60. The summed E-state index contributed by atoms with van der Waals surface area (Å²) in [5.41, 5.74) is 0.627. The normalized spacial score (nSPS) is 10.0. The number of benzene rings is 1. The Morgan fingerprint density at radius 3 is 2.28 bits per heavy atom. The van der Waals surface area contributed by atoms with Gasteiger partial charge in [-0.2, -0.15) is 0 Å². The van der Waals surface area contributed by atoms with Gasteiger partial charge in [-0.25, -0.2) is 4.79 Å². The van der Waals surface area contributed by atoms with E-state index in [0.717, 1.165) is 6.42 Å². The van der Waals surface area contributed by atoms with Crippen LogP contribution in [0.25, 0.3) is 0 Å². The van der Waals surface area contributed by atoms with Gasteiger partial charge in [-0.3, -0.25) is 10.1 Å². The fraction of sp³-hybridized carbons (Fsp3) is 0.333. The second-order valence-electron chi connectivity index (χ2n) is 3.63. The van der Waals surface area contributed by atoms with E-state index in [9.17, 15) is 9.59 Å². The first-order valence-electron chi connectivity index (χ1n) is 5.39. The minimum atomic E-state index is -0.628. The summed E-state index contributed by atoms with van der Waals surface area (Å²) in [7, 11) is 0. The van der Waals surface area contributed by atoms with Crippen LogP contribution in [0.3, 0.4) is 0 Å². The van der Waals surface area contributed by atoms with E-state index in [0.29, 0.717) is 12.2 Å². The highest BCUT2D eigenvalue weighted by Crippen LogP contribution is 2.32. The molecule has 0 heterocycles. The van der Waals surface area contributed by atoms with Crippen LogP contribution in [0.15, 0.2) is 12.1 Å². The Hall–Kier alpha value is -1.26. The third-order valence-electron chi connectivity index (χ3n) is 2.11. The quantitative estimate of drug-likeness (QED) is 0.847. The lowest BCUT2D eigenvalue weighted by Crippen LogP contribution is -2.15. The Labute approximate surface area is 115 Å². The van der Waals surface area contributed by atoms with Gasteiger partial charge in [0.25, 0.3) is 0 Å². The maximum Gasteiger partial charge on any atom is 0.411 e. The van der Waals surface area contributed by atoms with E-state index in [4.69, 9.17) is 27.9 Å². The molecule has 0 spiro atoms. The Morgan fingerprint density at radius 1 is 1.28 bits per heavy atom. The van der Waals surface area contributed by atoms with Crippen molar-refractivity contribution in [3.05, 3.63) is 27.7 Å². The van der Waals surface area contributed by atoms with Gasteiger partial charge in [0.1, 0.15) is 0 Å². The summed E-state index contributed by atoms with van der Waals surface area (Å²) in [5, 5.41) is 2.83. The molecule has 4 nitrogen and oxygen atoms in total. The van der Waals surface area contributed by atoms with Crippen LogP contribution in [-0.4, -0.2) is 18.5 Å². The van der Waals surface area contributed by atoms with E-state index in [2.05, 4.69) is 5.32 Å². The van der Waals surface area contributed by atoms with Gasteiger partial charge in [0.2, 0.25) is 0 Å². The molecule has 0 bridgehead atoms. The number of ketones is 1. The number of hydrogen-bond acceptors (Lipinski definition) is 3. The molecular formula is C12H13Cl2NO3. The highest BCUT2D eigenvalue weighted by atomic mass is 35.5.